The number of amides is 1. The lowest BCUT2D eigenvalue weighted by Crippen LogP contribution is -2.41. The van der Waals surface area contributed by atoms with Crippen LogP contribution < -0.4 is 5.32 Å². The number of anilines is 1. The molecule has 1 aromatic rings. The first-order valence-electron chi connectivity index (χ1n) is 8.03. The van der Waals surface area contributed by atoms with Crippen LogP contribution in [0.1, 0.15) is 25.3 Å². The van der Waals surface area contributed by atoms with E-state index in [0.29, 0.717) is 13.0 Å². The molecule has 1 amide bonds. The number of rotatable bonds is 6. The van der Waals surface area contributed by atoms with Gasteiger partial charge in [0.2, 0.25) is 5.91 Å². The Morgan fingerprint density at radius 2 is 2.08 bits per heavy atom. The number of sulfone groups is 1. The highest BCUT2D eigenvalue weighted by atomic mass is 32.2. The molecule has 0 saturated carbocycles. The largest absolute Gasteiger partial charge is 0.416 e. The summed E-state index contributed by atoms with van der Waals surface area (Å²) in [4.78, 5) is 13.8. The third-order valence-electron chi connectivity index (χ3n) is 4.17. The number of carbonyl (C=O) groups excluding carboxylic acids is 1. The van der Waals surface area contributed by atoms with Crippen LogP contribution in [-0.4, -0.2) is 49.9 Å². The molecule has 1 saturated heterocycles. The standard InChI is InChI=1S/C16H21F3N2O3S/c1-2-21(14-7-9-25(23,24)11-14)15(22)6-8-20-13-5-3-4-12(10-13)16(17,18)19/h3-5,10,14,20H,2,6-9,11H2,1H3. The topological polar surface area (TPSA) is 66.5 Å². The van der Waals surface area contributed by atoms with Crippen LogP contribution in [0.4, 0.5) is 18.9 Å². The van der Waals surface area contributed by atoms with Crippen molar-refractivity contribution in [3.8, 4) is 0 Å². The Labute approximate surface area is 145 Å². The average Bonchev–Trinajstić information content (AvgIpc) is 2.87. The maximum Gasteiger partial charge on any atom is 0.416 e. The average molecular weight is 378 g/mol. The monoisotopic (exact) mass is 378 g/mol. The molecule has 9 heteroatoms. The highest BCUT2D eigenvalue weighted by Crippen LogP contribution is 2.30. The lowest BCUT2D eigenvalue weighted by molar-refractivity contribution is -0.137. The van der Waals surface area contributed by atoms with E-state index in [4.69, 9.17) is 0 Å². The van der Waals surface area contributed by atoms with Crippen LogP contribution in [0.25, 0.3) is 0 Å². The molecule has 1 heterocycles. The second-order valence-corrected chi connectivity index (χ2v) is 8.22. The molecule has 140 valence electrons. The van der Waals surface area contributed by atoms with Crippen LogP contribution >= 0.6 is 0 Å². The summed E-state index contributed by atoms with van der Waals surface area (Å²) in [5, 5.41) is 2.81. The number of hydrogen-bond donors (Lipinski definition) is 1. The van der Waals surface area contributed by atoms with Gasteiger partial charge in [0.05, 0.1) is 17.1 Å². The number of alkyl halides is 3. The molecular formula is C16H21F3N2O3S. The van der Waals surface area contributed by atoms with Crippen molar-refractivity contribution in [3.05, 3.63) is 29.8 Å². The molecule has 0 bridgehead atoms. The molecule has 1 unspecified atom stereocenters. The molecule has 1 N–H and O–H groups in total. The van der Waals surface area contributed by atoms with Crippen molar-refractivity contribution in [2.24, 2.45) is 0 Å². The third kappa shape index (κ3) is 5.35. The molecule has 0 radical (unpaired) electrons. The van der Waals surface area contributed by atoms with E-state index in [1.807, 2.05) is 0 Å². The summed E-state index contributed by atoms with van der Waals surface area (Å²) in [5.41, 5.74) is -0.468. The van der Waals surface area contributed by atoms with E-state index in [2.05, 4.69) is 5.32 Å². The number of nitrogens with one attached hydrogen (secondary N) is 1. The second-order valence-electron chi connectivity index (χ2n) is 5.99. The van der Waals surface area contributed by atoms with Crippen molar-refractivity contribution in [2.75, 3.05) is 29.9 Å². The van der Waals surface area contributed by atoms with Gasteiger partial charge in [0.1, 0.15) is 0 Å². The minimum absolute atomic E-state index is 0.0202. The molecule has 5 nitrogen and oxygen atoms in total. The molecule has 1 aliphatic heterocycles. The maximum absolute atomic E-state index is 12.7. The maximum atomic E-state index is 12.7. The van der Waals surface area contributed by atoms with Crippen LogP contribution in [0.15, 0.2) is 24.3 Å². The van der Waals surface area contributed by atoms with Gasteiger partial charge in [-0.1, -0.05) is 6.07 Å². The Balaban J connectivity index is 1.89. The minimum atomic E-state index is -4.42. The first-order valence-corrected chi connectivity index (χ1v) is 9.85. The summed E-state index contributed by atoms with van der Waals surface area (Å²) in [5.74, 6) is -0.138. The fourth-order valence-electron chi connectivity index (χ4n) is 2.92. The number of hydrogen-bond acceptors (Lipinski definition) is 4. The number of nitrogens with zero attached hydrogens (tertiary/aromatic N) is 1. The summed E-state index contributed by atoms with van der Waals surface area (Å²) in [6.45, 7) is 2.36. The van der Waals surface area contributed by atoms with Crippen molar-refractivity contribution in [3.63, 3.8) is 0 Å². The van der Waals surface area contributed by atoms with Crippen LogP contribution in [0, 0.1) is 0 Å². The van der Waals surface area contributed by atoms with Gasteiger partial charge in [-0.05, 0) is 31.5 Å². The van der Waals surface area contributed by atoms with Gasteiger partial charge in [-0.15, -0.1) is 0 Å². The first kappa shape index (κ1) is 19.6. The van der Waals surface area contributed by atoms with Gasteiger partial charge in [0.25, 0.3) is 0 Å². The Morgan fingerprint density at radius 3 is 2.64 bits per heavy atom. The van der Waals surface area contributed by atoms with Crippen LogP contribution in [-0.2, 0) is 20.8 Å². The van der Waals surface area contributed by atoms with E-state index in [9.17, 15) is 26.4 Å². The van der Waals surface area contributed by atoms with Crippen molar-refractivity contribution in [2.45, 2.75) is 32.0 Å². The predicted molar refractivity (Wildman–Crippen MR) is 89.0 cm³/mol. The van der Waals surface area contributed by atoms with Gasteiger partial charge in [0.15, 0.2) is 9.84 Å². The third-order valence-corrected chi connectivity index (χ3v) is 5.92. The van der Waals surface area contributed by atoms with Crippen LogP contribution in [0.2, 0.25) is 0 Å². The quantitative estimate of drug-likeness (QED) is 0.826. The summed E-state index contributed by atoms with van der Waals surface area (Å²) < 4.78 is 61.1. The van der Waals surface area contributed by atoms with Crippen LogP contribution in [0.5, 0.6) is 0 Å². The second kappa shape index (κ2) is 7.63. The molecule has 1 aliphatic rings. The van der Waals surface area contributed by atoms with Gasteiger partial charge in [-0.3, -0.25) is 4.79 Å². The molecule has 0 aromatic heterocycles. The molecule has 0 spiro atoms. The van der Waals surface area contributed by atoms with E-state index in [0.717, 1.165) is 12.1 Å². The first-order chi connectivity index (χ1) is 11.6. The summed E-state index contributed by atoms with van der Waals surface area (Å²) in [6.07, 6.45) is -3.90. The van der Waals surface area contributed by atoms with E-state index in [1.165, 1.54) is 12.1 Å². The molecular weight excluding hydrogens is 357 g/mol. The Hall–Kier alpha value is -1.77. The highest BCUT2D eigenvalue weighted by Gasteiger charge is 2.33. The molecule has 1 fully saturated rings. The van der Waals surface area contributed by atoms with Crippen LogP contribution in [0.3, 0.4) is 0 Å². The van der Waals surface area contributed by atoms with Crippen molar-refractivity contribution >= 4 is 21.4 Å². The highest BCUT2D eigenvalue weighted by molar-refractivity contribution is 7.91. The molecule has 1 aromatic carbocycles. The van der Waals surface area contributed by atoms with E-state index in [-0.39, 0.29) is 42.1 Å². The predicted octanol–water partition coefficient (Wildman–Crippen LogP) is 2.54. The normalized spacial score (nSPS) is 19.6. The van der Waals surface area contributed by atoms with Crippen molar-refractivity contribution in [1.82, 2.24) is 4.90 Å². The smallest absolute Gasteiger partial charge is 0.385 e. The van der Waals surface area contributed by atoms with Crippen molar-refractivity contribution in [1.29, 1.82) is 0 Å². The lowest BCUT2D eigenvalue weighted by atomic mass is 10.2. The number of benzene rings is 1. The summed E-state index contributed by atoms with van der Waals surface area (Å²) >= 11 is 0. The van der Waals surface area contributed by atoms with Crippen molar-refractivity contribution < 1.29 is 26.4 Å². The van der Waals surface area contributed by atoms with E-state index in [1.54, 1.807) is 11.8 Å². The van der Waals surface area contributed by atoms with Gasteiger partial charge in [0, 0.05) is 31.2 Å². The van der Waals surface area contributed by atoms with Gasteiger partial charge < -0.3 is 10.2 Å². The Morgan fingerprint density at radius 1 is 1.36 bits per heavy atom. The van der Waals surface area contributed by atoms with Gasteiger partial charge in [-0.2, -0.15) is 13.2 Å². The summed E-state index contributed by atoms with van der Waals surface area (Å²) in [6, 6.07) is 4.47. The summed E-state index contributed by atoms with van der Waals surface area (Å²) in [7, 11) is -3.08. The van der Waals surface area contributed by atoms with E-state index < -0.39 is 21.6 Å². The zero-order chi connectivity index (χ0) is 18.7. The fourth-order valence-corrected chi connectivity index (χ4v) is 4.65. The van der Waals surface area contributed by atoms with Gasteiger partial charge >= 0.3 is 6.18 Å². The number of halogens is 3. The Bertz CT molecular complexity index is 720. The number of carbonyl (C=O) groups is 1. The zero-order valence-corrected chi connectivity index (χ0v) is 14.7. The zero-order valence-electron chi connectivity index (χ0n) is 13.8. The van der Waals surface area contributed by atoms with Gasteiger partial charge in [-0.25, -0.2) is 8.42 Å². The SMILES string of the molecule is CCN(C(=O)CCNc1cccc(C(F)(F)F)c1)C1CCS(=O)(=O)C1. The Kier molecular flexibility index (Phi) is 5.97. The molecule has 2 rings (SSSR count). The fraction of sp³-hybridized carbons (Fsp3) is 0.562. The molecule has 1 atom stereocenters. The molecule has 0 aliphatic carbocycles. The molecule has 25 heavy (non-hydrogen) atoms. The van der Waals surface area contributed by atoms with E-state index >= 15 is 0 Å². The minimum Gasteiger partial charge on any atom is -0.385 e. The lowest BCUT2D eigenvalue weighted by Gasteiger charge is -2.27.